The van der Waals surface area contributed by atoms with Crippen molar-refractivity contribution in [1.29, 1.82) is 0 Å². The van der Waals surface area contributed by atoms with Gasteiger partial charge in [-0.1, -0.05) is 30.3 Å². The van der Waals surface area contributed by atoms with Crippen LogP contribution in [0.2, 0.25) is 0 Å². The average molecular weight is 465 g/mol. The third-order valence-corrected chi connectivity index (χ3v) is 8.62. The molecule has 0 spiro atoms. The second kappa shape index (κ2) is 9.45. The smallest absolute Gasteiger partial charge is 0.261 e. The van der Waals surface area contributed by atoms with Crippen LogP contribution >= 0.6 is 11.8 Å². The fraction of sp³-hybridized carbons (Fsp3) is 0.538. The zero-order valence-electron chi connectivity index (χ0n) is 19.6. The van der Waals surface area contributed by atoms with Crippen LogP contribution in [-0.4, -0.2) is 53.8 Å². The van der Waals surface area contributed by atoms with Crippen molar-refractivity contribution in [3.05, 3.63) is 39.8 Å². The van der Waals surface area contributed by atoms with E-state index in [2.05, 4.69) is 41.9 Å². The number of anilines is 1. The van der Waals surface area contributed by atoms with Gasteiger partial charge in [-0.05, 0) is 67.2 Å². The Morgan fingerprint density at radius 1 is 1.06 bits per heavy atom. The van der Waals surface area contributed by atoms with Gasteiger partial charge in [0.1, 0.15) is 11.8 Å². The molecule has 0 aromatic heterocycles. The van der Waals surface area contributed by atoms with E-state index in [1.807, 2.05) is 4.90 Å². The maximum atomic E-state index is 12.9. The molecule has 2 amide bonds. The molecule has 1 unspecified atom stereocenters. The van der Waals surface area contributed by atoms with E-state index in [4.69, 9.17) is 4.99 Å². The number of carbonyl (C=O) groups is 2. The molecule has 1 aromatic rings. The van der Waals surface area contributed by atoms with Crippen LogP contribution in [0.5, 0.6) is 0 Å². The number of rotatable bonds is 4. The second-order valence-corrected chi connectivity index (χ2v) is 10.6. The van der Waals surface area contributed by atoms with Crippen LogP contribution in [0.1, 0.15) is 56.1 Å². The number of hydrogen-bond donors (Lipinski definition) is 0. The molecule has 3 aliphatic heterocycles. The Kier molecular flexibility index (Phi) is 6.41. The van der Waals surface area contributed by atoms with Gasteiger partial charge in [-0.3, -0.25) is 9.59 Å². The molecule has 0 N–H and O–H groups in total. The van der Waals surface area contributed by atoms with Crippen LogP contribution < -0.4 is 4.90 Å². The quantitative estimate of drug-likeness (QED) is 0.651. The summed E-state index contributed by atoms with van der Waals surface area (Å²) in [6.45, 7) is 7.43. The molecule has 0 radical (unpaired) electrons. The van der Waals surface area contributed by atoms with Crippen molar-refractivity contribution in [3.8, 4) is 0 Å². The normalized spacial score (nSPS) is 23.1. The Morgan fingerprint density at radius 3 is 2.67 bits per heavy atom. The molecule has 5 rings (SSSR count). The summed E-state index contributed by atoms with van der Waals surface area (Å²) in [5.74, 6) is 0.338. The second-order valence-electron chi connectivity index (χ2n) is 9.45. The van der Waals surface area contributed by atoms with Gasteiger partial charge < -0.3 is 9.80 Å². The van der Waals surface area contributed by atoms with Crippen molar-refractivity contribution >= 4 is 40.1 Å². The molecule has 174 valence electrons. The summed E-state index contributed by atoms with van der Waals surface area (Å²) in [5.41, 5.74) is 5.14. The van der Waals surface area contributed by atoms with E-state index in [9.17, 15) is 9.59 Å². The van der Waals surface area contributed by atoms with Gasteiger partial charge in [0, 0.05) is 44.7 Å². The van der Waals surface area contributed by atoms with Gasteiger partial charge in [-0.2, -0.15) is 4.99 Å². The Bertz CT molecular complexity index is 1070. The van der Waals surface area contributed by atoms with E-state index >= 15 is 0 Å². The molecule has 1 aromatic carbocycles. The first-order valence-corrected chi connectivity index (χ1v) is 13.0. The highest BCUT2D eigenvalue weighted by Gasteiger charge is 2.40. The lowest BCUT2D eigenvalue weighted by atomic mass is 9.94. The molecule has 1 fully saturated rings. The lowest BCUT2D eigenvalue weighted by Crippen LogP contribution is -2.49. The number of aliphatic imine (C=N–C) groups is 2. The first-order valence-electron chi connectivity index (χ1n) is 12.2. The van der Waals surface area contributed by atoms with Crippen LogP contribution in [0.15, 0.2) is 38.7 Å². The Labute approximate surface area is 200 Å². The number of amidine groups is 1. The first kappa shape index (κ1) is 22.4. The van der Waals surface area contributed by atoms with Crippen molar-refractivity contribution in [1.82, 2.24) is 4.90 Å². The number of amides is 2. The summed E-state index contributed by atoms with van der Waals surface area (Å²) in [4.78, 5) is 40.3. The average Bonchev–Trinajstić information content (AvgIpc) is 3.01. The third kappa shape index (κ3) is 4.52. The monoisotopic (exact) mass is 464 g/mol. The first-order chi connectivity index (χ1) is 16.0. The van der Waals surface area contributed by atoms with Crippen LogP contribution in [0.25, 0.3) is 0 Å². The summed E-state index contributed by atoms with van der Waals surface area (Å²) in [7, 11) is 0. The van der Waals surface area contributed by atoms with Crippen LogP contribution in [-0.2, 0) is 9.59 Å². The highest BCUT2D eigenvalue weighted by atomic mass is 32.2. The number of fused-ring (bicyclic) bond motifs is 2. The minimum Gasteiger partial charge on any atom is -0.368 e. The number of hydrogen-bond acceptors (Lipinski definition) is 5. The number of carbonyl (C=O) groups excluding carboxylic acids is 2. The summed E-state index contributed by atoms with van der Waals surface area (Å²) in [6, 6.07) is 6.41. The van der Waals surface area contributed by atoms with E-state index in [0.29, 0.717) is 18.7 Å². The number of piperazine rings is 1. The Morgan fingerprint density at radius 2 is 1.85 bits per heavy atom. The number of allylic oxidation sites excluding steroid dienone is 1. The molecule has 7 heteroatoms. The highest BCUT2D eigenvalue weighted by Crippen LogP contribution is 2.46. The lowest BCUT2D eigenvalue weighted by Gasteiger charge is -2.37. The van der Waals surface area contributed by atoms with E-state index < -0.39 is 0 Å². The Balaban J connectivity index is 1.15. The van der Waals surface area contributed by atoms with Gasteiger partial charge in [0.25, 0.3) is 5.91 Å². The number of thioether (sulfide) groups is 1. The van der Waals surface area contributed by atoms with E-state index in [-0.39, 0.29) is 17.7 Å². The fourth-order valence-corrected chi connectivity index (χ4v) is 6.65. The molecule has 0 saturated carbocycles. The van der Waals surface area contributed by atoms with Crippen molar-refractivity contribution < 1.29 is 9.59 Å². The molecular formula is C26H32N4O2S. The molecule has 1 aliphatic carbocycles. The Hall–Kier alpha value is -2.41. The predicted octanol–water partition coefficient (Wildman–Crippen LogP) is 4.65. The van der Waals surface area contributed by atoms with Crippen molar-refractivity contribution in [2.45, 2.75) is 58.8 Å². The van der Waals surface area contributed by atoms with E-state index in [1.54, 1.807) is 11.8 Å². The minimum atomic E-state index is -0.235. The molecular weight excluding hydrogens is 432 g/mol. The van der Waals surface area contributed by atoms with Crippen molar-refractivity contribution in [2.24, 2.45) is 15.9 Å². The van der Waals surface area contributed by atoms with Crippen LogP contribution in [0.3, 0.4) is 0 Å². The van der Waals surface area contributed by atoms with Gasteiger partial charge in [-0.15, -0.1) is 0 Å². The number of aryl methyl sites for hydroxylation is 1. The maximum Gasteiger partial charge on any atom is 0.261 e. The zero-order valence-corrected chi connectivity index (χ0v) is 20.4. The van der Waals surface area contributed by atoms with Crippen molar-refractivity contribution in [2.75, 3.05) is 31.1 Å². The summed E-state index contributed by atoms with van der Waals surface area (Å²) in [6.07, 6.45) is 6.42. The fourth-order valence-electron chi connectivity index (χ4n) is 5.28. The SMILES string of the molecule is Cc1cccc(N2CCN(C(=O)CCC3=NC(=O)C4C(=N3)SC3=C4CCCCC3)CC2)c1C. The van der Waals surface area contributed by atoms with Crippen LogP contribution in [0.4, 0.5) is 5.69 Å². The summed E-state index contributed by atoms with van der Waals surface area (Å²) in [5, 5.41) is 0.895. The lowest BCUT2D eigenvalue weighted by molar-refractivity contribution is -0.131. The topological polar surface area (TPSA) is 65.3 Å². The van der Waals surface area contributed by atoms with E-state index in [1.165, 1.54) is 40.1 Å². The van der Waals surface area contributed by atoms with Gasteiger partial charge >= 0.3 is 0 Å². The van der Waals surface area contributed by atoms with Gasteiger partial charge in [0.2, 0.25) is 5.91 Å². The molecule has 1 saturated heterocycles. The maximum absolute atomic E-state index is 12.9. The zero-order chi connectivity index (χ0) is 22.9. The summed E-state index contributed by atoms with van der Waals surface area (Å²) < 4.78 is 0. The molecule has 33 heavy (non-hydrogen) atoms. The van der Waals surface area contributed by atoms with Crippen molar-refractivity contribution in [3.63, 3.8) is 0 Å². The van der Waals surface area contributed by atoms with E-state index in [0.717, 1.165) is 50.5 Å². The predicted molar refractivity (Wildman–Crippen MR) is 135 cm³/mol. The third-order valence-electron chi connectivity index (χ3n) is 7.37. The van der Waals surface area contributed by atoms with Gasteiger partial charge in [-0.25, -0.2) is 4.99 Å². The van der Waals surface area contributed by atoms with Gasteiger partial charge in [0.15, 0.2) is 0 Å². The standard InChI is InChI=1S/C26H32N4O2S/c1-17-7-6-9-20(18(17)2)29-13-15-30(16-14-29)23(31)12-11-22-27-25(32)24-19-8-4-3-5-10-21(19)33-26(24)28-22/h6-7,9,24H,3-5,8,10-16H2,1-2H3. The summed E-state index contributed by atoms with van der Waals surface area (Å²) >= 11 is 1.69. The molecule has 6 nitrogen and oxygen atoms in total. The molecule has 0 bridgehead atoms. The minimum absolute atomic E-state index is 0.0796. The molecule has 1 atom stereocenters. The van der Waals surface area contributed by atoms with Gasteiger partial charge in [0.05, 0.1) is 5.04 Å². The highest BCUT2D eigenvalue weighted by molar-refractivity contribution is 8.17. The number of nitrogens with zero attached hydrogens (tertiary/aromatic N) is 4. The molecule has 4 aliphatic rings. The van der Waals surface area contributed by atoms with Crippen LogP contribution in [0, 0.1) is 19.8 Å². The number of benzene rings is 1. The largest absolute Gasteiger partial charge is 0.368 e. The molecule has 3 heterocycles.